The van der Waals surface area contributed by atoms with Gasteiger partial charge in [-0.15, -0.1) is 6.58 Å². The molecule has 0 aromatic heterocycles. The second-order valence-corrected chi connectivity index (χ2v) is 5.30. The van der Waals surface area contributed by atoms with Crippen molar-refractivity contribution in [2.45, 2.75) is 51.4 Å². The molecule has 5 heteroatoms. The number of anilines is 1. The number of carbonyl (C=O) groups excluding carboxylic acids is 1. The molecule has 1 aromatic rings. The van der Waals surface area contributed by atoms with E-state index in [4.69, 9.17) is 0 Å². The van der Waals surface area contributed by atoms with Gasteiger partial charge in [-0.2, -0.15) is 0 Å². The summed E-state index contributed by atoms with van der Waals surface area (Å²) in [4.78, 5) is 21.8. The molecule has 0 aliphatic rings. The maximum atomic E-state index is 11.7. The lowest BCUT2D eigenvalue weighted by Crippen LogP contribution is -2.10. The van der Waals surface area contributed by atoms with Gasteiger partial charge in [-0.1, -0.05) is 31.8 Å². The predicted octanol–water partition coefficient (Wildman–Crippen LogP) is 4.84. The number of non-ortho nitro benzene ring substituents is 1. The van der Waals surface area contributed by atoms with Crippen molar-refractivity contribution >= 4 is 17.3 Å². The number of unbranched alkanes of at least 4 members (excludes halogenated alkanes) is 6. The molecule has 0 saturated carbocycles. The van der Waals surface area contributed by atoms with Gasteiger partial charge in [0, 0.05) is 24.2 Å². The maximum absolute atomic E-state index is 11.7. The number of amides is 1. The van der Waals surface area contributed by atoms with Crippen molar-refractivity contribution in [2.75, 3.05) is 5.32 Å². The highest BCUT2D eigenvalue weighted by molar-refractivity contribution is 5.90. The third-order valence-corrected chi connectivity index (χ3v) is 3.42. The third kappa shape index (κ3) is 7.57. The molecule has 0 aliphatic carbocycles. The van der Waals surface area contributed by atoms with Gasteiger partial charge in [0.1, 0.15) is 0 Å². The Hall–Kier alpha value is -2.17. The molecular weight excluding hydrogens is 280 g/mol. The van der Waals surface area contributed by atoms with Crippen LogP contribution in [0.4, 0.5) is 11.4 Å². The molecular formula is C17H24N2O3. The first-order valence-corrected chi connectivity index (χ1v) is 7.78. The molecule has 120 valence electrons. The van der Waals surface area contributed by atoms with Crippen molar-refractivity contribution < 1.29 is 9.72 Å². The summed E-state index contributed by atoms with van der Waals surface area (Å²) < 4.78 is 0. The monoisotopic (exact) mass is 304 g/mol. The number of allylic oxidation sites excluding steroid dienone is 1. The summed E-state index contributed by atoms with van der Waals surface area (Å²) in [6.07, 6.45) is 10.2. The molecule has 0 aliphatic heterocycles. The fourth-order valence-corrected chi connectivity index (χ4v) is 2.17. The van der Waals surface area contributed by atoms with E-state index < -0.39 is 4.92 Å². The quantitative estimate of drug-likeness (QED) is 0.275. The SMILES string of the molecule is C=CCCCCCCCCC(=O)Nc1ccc([N+](=O)[O-])cc1. The Bertz CT molecular complexity index is 483. The van der Waals surface area contributed by atoms with Crippen LogP contribution in [0.1, 0.15) is 51.4 Å². The Morgan fingerprint density at radius 3 is 2.27 bits per heavy atom. The summed E-state index contributed by atoms with van der Waals surface area (Å²) >= 11 is 0. The highest BCUT2D eigenvalue weighted by Gasteiger charge is 2.06. The van der Waals surface area contributed by atoms with E-state index >= 15 is 0 Å². The normalized spacial score (nSPS) is 10.2. The number of nitro benzene ring substituents is 1. The van der Waals surface area contributed by atoms with Crippen LogP contribution in [0, 0.1) is 10.1 Å². The Kier molecular flexibility index (Phi) is 8.57. The van der Waals surface area contributed by atoms with Crippen LogP contribution in [0.2, 0.25) is 0 Å². The third-order valence-electron chi connectivity index (χ3n) is 3.42. The molecule has 22 heavy (non-hydrogen) atoms. The van der Waals surface area contributed by atoms with Crippen LogP contribution >= 0.6 is 0 Å². The molecule has 0 saturated heterocycles. The van der Waals surface area contributed by atoms with E-state index in [0.717, 1.165) is 25.7 Å². The van der Waals surface area contributed by atoms with Gasteiger partial charge in [0.15, 0.2) is 0 Å². The summed E-state index contributed by atoms with van der Waals surface area (Å²) in [6.45, 7) is 3.70. The molecule has 0 radical (unpaired) electrons. The van der Waals surface area contributed by atoms with E-state index in [9.17, 15) is 14.9 Å². The molecule has 1 aromatic carbocycles. The van der Waals surface area contributed by atoms with E-state index in [1.807, 2.05) is 6.08 Å². The lowest BCUT2D eigenvalue weighted by Gasteiger charge is -2.05. The Labute approximate surface area is 131 Å². The number of carbonyl (C=O) groups is 1. The minimum atomic E-state index is -0.458. The summed E-state index contributed by atoms with van der Waals surface area (Å²) in [5.41, 5.74) is 0.620. The molecule has 0 unspecified atom stereocenters. The van der Waals surface area contributed by atoms with Crippen molar-refractivity contribution in [2.24, 2.45) is 0 Å². The number of nitrogens with zero attached hydrogens (tertiary/aromatic N) is 1. The smallest absolute Gasteiger partial charge is 0.269 e. The zero-order chi connectivity index (χ0) is 16.2. The largest absolute Gasteiger partial charge is 0.326 e. The van der Waals surface area contributed by atoms with Crippen LogP contribution in [0.15, 0.2) is 36.9 Å². The minimum absolute atomic E-state index is 0.0226. The van der Waals surface area contributed by atoms with Gasteiger partial charge in [0.05, 0.1) is 4.92 Å². The Morgan fingerprint density at radius 1 is 1.09 bits per heavy atom. The zero-order valence-corrected chi connectivity index (χ0v) is 12.9. The van der Waals surface area contributed by atoms with Crippen LogP contribution in [-0.2, 0) is 4.79 Å². The van der Waals surface area contributed by atoms with Gasteiger partial charge in [-0.3, -0.25) is 14.9 Å². The molecule has 0 spiro atoms. The number of nitro groups is 1. The average molecular weight is 304 g/mol. The molecule has 1 rings (SSSR count). The first kappa shape index (κ1) is 17.9. The van der Waals surface area contributed by atoms with E-state index in [0.29, 0.717) is 12.1 Å². The van der Waals surface area contributed by atoms with Gasteiger partial charge in [-0.05, 0) is 31.4 Å². The van der Waals surface area contributed by atoms with Crippen LogP contribution in [0.25, 0.3) is 0 Å². The Morgan fingerprint density at radius 2 is 1.68 bits per heavy atom. The van der Waals surface area contributed by atoms with Crippen LogP contribution in [0.3, 0.4) is 0 Å². The van der Waals surface area contributed by atoms with Gasteiger partial charge in [0.25, 0.3) is 5.69 Å². The fourth-order valence-electron chi connectivity index (χ4n) is 2.17. The summed E-state index contributed by atoms with van der Waals surface area (Å²) in [5, 5.41) is 13.3. The minimum Gasteiger partial charge on any atom is -0.326 e. The molecule has 1 amide bonds. The van der Waals surface area contributed by atoms with E-state index in [1.54, 1.807) is 12.1 Å². The number of hydrogen-bond acceptors (Lipinski definition) is 3. The Balaban J connectivity index is 2.13. The van der Waals surface area contributed by atoms with E-state index in [1.165, 1.54) is 31.4 Å². The van der Waals surface area contributed by atoms with Gasteiger partial charge in [0.2, 0.25) is 5.91 Å². The molecule has 1 N–H and O–H groups in total. The first-order valence-electron chi connectivity index (χ1n) is 7.78. The molecule has 0 atom stereocenters. The molecule has 0 heterocycles. The van der Waals surface area contributed by atoms with Crippen LogP contribution in [0.5, 0.6) is 0 Å². The van der Waals surface area contributed by atoms with Crippen LogP contribution < -0.4 is 5.32 Å². The van der Waals surface area contributed by atoms with Crippen molar-refractivity contribution in [1.29, 1.82) is 0 Å². The van der Waals surface area contributed by atoms with E-state index in [2.05, 4.69) is 11.9 Å². The zero-order valence-electron chi connectivity index (χ0n) is 12.9. The molecule has 5 nitrogen and oxygen atoms in total. The standard InChI is InChI=1S/C17H24N2O3/c1-2-3-4-5-6-7-8-9-10-17(20)18-15-11-13-16(14-12-15)19(21)22/h2,11-14H,1,3-10H2,(H,18,20). The first-order chi connectivity index (χ1) is 10.6. The topological polar surface area (TPSA) is 72.2 Å². The van der Waals surface area contributed by atoms with Gasteiger partial charge in [-0.25, -0.2) is 0 Å². The average Bonchev–Trinajstić information content (AvgIpc) is 2.50. The van der Waals surface area contributed by atoms with Crippen molar-refractivity contribution in [1.82, 2.24) is 0 Å². The summed E-state index contributed by atoms with van der Waals surface area (Å²) in [7, 11) is 0. The predicted molar refractivity (Wildman–Crippen MR) is 88.9 cm³/mol. The highest BCUT2D eigenvalue weighted by atomic mass is 16.6. The molecule has 0 bridgehead atoms. The van der Waals surface area contributed by atoms with Crippen molar-refractivity contribution in [3.05, 3.63) is 47.0 Å². The fraction of sp³-hybridized carbons (Fsp3) is 0.471. The highest BCUT2D eigenvalue weighted by Crippen LogP contribution is 2.16. The lowest BCUT2D eigenvalue weighted by molar-refractivity contribution is -0.384. The number of benzene rings is 1. The number of nitrogens with one attached hydrogen (secondary N) is 1. The van der Waals surface area contributed by atoms with Gasteiger partial charge >= 0.3 is 0 Å². The van der Waals surface area contributed by atoms with Crippen molar-refractivity contribution in [3.8, 4) is 0 Å². The number of hydrogen-bond donors (Lipinski definition) is 1. The van der Waals surface area contributed by atoms with Crippen LogP contribution in [-0.4, -0.2) is 10.8 Å². The second kappa shape index (κ2) is 10.5. The lowest BCUT2D eigenvalue weighted by atomic mass is 10.1. The van der Waals surface area contributed by atoms with Gasteiger partial charge < -0.3 is 5.32 Å². The second-order valence-electron chi connectivity index (χ2n) is 5.30. The van der Waals surface area contributed by atoms with Crippen molar-refractivity contribution in [3.63, 3.8) is 0 Å². The number of rotatable bonds is 11. The summed E-state index contributed by atoms with van der Waals surface area (Å²) in [5.74, 6) is -0.0412. The molecule has 0 fully saturated rings. The maximum Gasteiger partial charge on any atom is 0.269 e. The van der Waals surface area contributed by atoms with E-state index in [-0.39, 0.29) is 11.6 Å². The summed E-state index contributed by atoms with van der Waals surface area (Å²) in [6, 6.07) is 5.88.